The first-order valence-corrected chi connectivity index (χ1v) is 12.3. The lowest BCUT2D eigenvalue weighted by atomic mass is 10.1. The van der Waals surface area contributed by atoms with Gasteiger partial charge in [-0.25, -0.2) is 4.98 Å². The van der Waals surface area contributed by atoms with E-state index in [-0.39, 0.29) is 43.6 Å². The van der Waals surface area contributed by atoms with Gasteiger partial charge in [0.1, 0.15) is 11.9 Å². The maximum absolute atomic E-state index is 8.96. The quantitative estimate of drug-likeness (QED) is 0.263. The Balaban J connectivity index is 0.00000193. The number of halogens is 2. The summed E-state index contributed by atoms with van der Waals surface area (Å²) in [5.41, 5.74) is 3.17. The molecule has 0 radical (unpaired) electrons. The third kappa shape index (κ3) is 7.88. The molecular weight excluding hydrogens is 477 g/mol. The van der Waals surface area contributed by atoms with E-state index in [1.54, 1.807) is 0 Å². The van der Waals surface area contributed by atoms with E-state index in [1.807, 2.05) is 30.0 Å². The summed E-state index contributed by atoms with van der Waals surface area (Å²) >= 11 is 1.87. The monoisotopic (exact) mass is 511 g/mol. The average Bonchev–Trinajstić information content (AvgIpc) is 3.23. The van der Waals surface area contributed by atoms with Crippen LogP contribution in [0.1, 0.15) is 49.6 Å². The second kappa shape index (κ2) is 14.2. The van der Waals surface area contributed by atoms with Crippen LogP contribution in [0.2, 0.25) is 0 Å². The Kier molecular flexibility index (Phi) is 12.0. The number of fused-ring (bicyclic) bond motifs is 1. The highest BCUT2D eigenvalue weighted by Gasteiger charge is 2.26. The summed E-state index contributed by atoms with van der Waals surface area (Å²) in [5.74, 6) is 1.94. The second-order valence-electron chi connectivity index (χ2n) is 8.36. The van der Waals surface area contributed by atoms with Crippen molar-refractivity contribution in [1.82, 2.24) is 14.9 Å². The molecule has 2 N–H and O–H groups in total. The van der Waals surface area contributed by atoms with Crippen LogP contribution in [0.3, 0.4) is 0 Å². The number of benzene rings is 2. The molecule has 1 aliphatic rings. The standard InChI is InChI=1S/C25H33N3O2S.2ClH/c1-28-14-12-20(13-15-28)30-24(25-26-22-10-3-4-11-23(22)27-25)19-8-7-9-21(18-19)31-17-6-2-5-16-29;;/h3-4,7-11,18,20,24,29H,2,5-6,12-17H2,1H3,(H,26,27);2*1H. The van der Waals surface area contributed by atoms with Crippen LogP contribution in [-0.2, 0) is 4.74 Å². The summed E-state index contributed by atoms with van der Waals surface area (Å²) in [5, 5.41) is 8.96. The number of para-hydroxylation sites is 2. The first-order chi connectivity index (χ1) is 15.2. The number of thioether (sulfide) groups is 1. The molecular formula is C25H35Cl2N3O2S. The van der Waals surface area contributed by atoms with E-state index in [0.717, 1.165) is 73.4 Å². The minimum Gasteiger partial charge on any atom is -0.396 e. The fourth-order valence-corrected chi connectivity index (χ4v) is 5.04. The molecule has 33 heavy (non-hydrogen) atoms. The zero-order valence-electron chi connectivity index (χ0n) is 19.1. The number of hydrogen-bond donors (Lipinski definition) is 2. The molecule has 5 nitrogen and oxygen atoms in total. The van der Waals surface area contributed by atoms with Gasteiger partial charge in [-0.3, -0.25) is 0 Å². The Morgan fingerprint density at radius 1 is 1.09 bits per heavy atom. The summed E-state index contributed by atoms with van der Waals surface area (Å²) < 4.78 is 6.70. The van der Waals surface area contributed by atoms with Crippen LogP contribution < -0.4 is 0 Å². The van der Waals surface area contributed by atoms with E-state index in [4.69, 9.17) is 14.8 Å². The van der Waals surface area contributed by atoms with Crippen LogP contribution in [-0.4, -0.2) is 58.6 Å². The van der Waals surface area contributed by atoms with Gasteiger partial charge in [0.15, 0.2) is 0 Å². The summed E-state index contributed by atoms with van der Waals surface area (Å²) in [6.45, 7) is 2.43. The minimum absolute atomic E-state index is 0. The normalized spacial score (nSPS) is 15.7. The van der Waals surface area contributed by atoms with Crippen LogP contribution in [0, 0.1) is 0 Å². The summed E-state index contributed by atoms with van der Waals surface area (Å²) in [7, 11) is 2.17. The Morgan fingerprint density at radius 2 is 1.88 bits per heavy atom. The van der Waals surface area contributed by atoms with E-state index in [9.17, 15) is 0 Å². The van der Waals surface area contributed by atoms with Gasteiger partial charge < -0.3 is 19.7 Å². The number of hydrogen-bond acceptors (Lipinski definition) is 5. The number of imidazole rings is 1. The Hall–Kier alpha value is -1.28. The number of ether oxygens (including phenoxy) is 1. The molecule has 1 saturated heterocycles. The SMILES string of the molecule is CN1CCC(OC(c2cccc(SCCCCCO)c2)c2nc3ccccc3[nH]2)CC1.Cl.Cl. The molecule has 1 aromatic heterocycles. The predicted octanol–water partition coefficient (Wildman–Crippen LogP) is 5.86. The van der Waals surface area contributed by atoms with Crippen LogP contribution in [0.25, 0.3) is 11.0 Å². The molecule has 1 fully saturated rings. The van der Waals surface area contributed by atoms with Gasteiger partial charge >= 0.3 is 0 Å². The maximum Gasteiger partial charge on any atom is 0.141 e. The number of aromatic nitrogens is 2. The summed E-state index contributed by atoms with van der Waals surface area (Å²) in [4.78, 5) is 12.0. The van der Waals surface area contributed by atoms with Crippen molar-refractivity contribution in [2.45, 2.75) is 49.2 Å². The van der Waals surface area contributed by atoms with Crippen molar-refractivity contribution in [2.75, 3.05) is 32.5 Å². The van der Waals surface area contributed by atoms with Crippen LogP contribution >= 0.6 is 36.6 Å². The molecule has 182 valence electrons. The molecule has 0 aliphatic carbocycles. The van der Waals surface area contributed by atoms with Gasteiger partial charge in [-0.15, -0.1) is 36.6 Å². The number of nitrogens with one attached hydrogen (secondary N) is 1. The number of rotatable bonds is 10. The molecule has 0 spiro atoms. The third-order valence-corrected chi connectivity index (χ3v) is 6.96. The van der Waals surface area contributed by atoms with E-state index in [1.165, 1.54) is 4.90 Å². The average molecular weight is 513 g/mol. The lowest BCUT2D eigenvalue weighted by Gasteiger charge is -2.31. The lowest BCUT2D eigenvalue weighted by Crippen LogP contribution is -2.35. The first kappa shape index (κ1) is 28.0. The molecule has 1 aliphatic heterocycles. The molecule has 2 aromatic carbocycles. The van der Waals surface area contributed by atoms with E-state index >= 15 is 0 Å². The number of H-pyrrole nitrogens is 1. The molecule has 3 aromatic rings. The molecule has 0 bridgehead atoms. The van der Waals surface area contributed by atoms with Crippen molar-refractivity contribution >= 4 is 47.6 Å². The Morgan fingerprint density at radius 3 is 2.64 bits per heavy atom. The fourth-order valence-electron chi connectivity index (χ4n) is 4.06. The Bertz CT molecular complexity index is 930. The number of likely N-dealkylation sites (tertiary alicyclic amines) is 1. The van der Waals surface area contributed by atoms with Crippen molar-refractivity contribution in [2.24, 2.45) is 0 Å². The number of aliphatic hydroxyl groups excluding tert-OH is 1. The highest BCUT2D eigenvalue weighted by molar-refractivity contribution is 7.99. The highest BCUT2D eigenvalue weighted by atomic mass is 35.5. The molecule has 2 heterocycles. The molecule has 1 atom stereocenters. The highest BCUT2D eigenvalue weighted by Crippen LogP contribution is 2.32. The Labute approximate surface area is 213 Å². The largest absolute Gasteiger partial charge is 0.396 e. The predicted molar refractivity (Wildman–Crippen MR) is 142 cm³/mol. The van der Waals surface area contributed by atoms with Gasteiger partial charge in [0.25, 0.3) is 0 Å². The van der Waals surface area contributed by atoms with Gasteiger partial charge in [0.2, 0.25) is 0 Å². The maximum atomic E-state index is 8.96. The van der Waals surface area contributed by atoms with Gasteiger partial charge in [0.05, 0.1) is 17.1 Å². The van der Waals surface area contributed by atoms with Crippen LogP contribution in [0.4, 0.5) is 0 Å². The molecule has 8 heteroatoms. The second-order valence-corrected chi connectivity index (χ2v) is 9.53. The zero-order valence-corrected chi connectivity index (χ0v) is 21.6. The number of unbranched alkanes of at least 4 members (excludes halogenated alkanes) is 2. The first-order valence-electron chi connectivity index (χ1n) is 11.3. The van der Waals surface area contributed by atoms with Crippen LogP contribution in [0.5, 0.6) is 0 Å². The van der Waals surface area contributed by atoms with Gasteiger partial charge in [-0.05, 0) is 68.3 Å². The van der Waals surface area contributed by atoms with Crippen LogP contribution in [0.15, 0.2) is 53.4 Å². The smallest absolute Gasteiger partial charge is 0.141 e. The molecule has 0 saturated carbocycles. The topological polar surface area (TPSA) is 61.4 Å². The zero-order chi connectivity index (χ0) is 21.5. The van der Waals surface area contributed by atoms with Gasteiger partial charge in [-0.1, -0.05) is 30.7 Å². The number of aromatic amines is 1. The summed E-state index contributed by atoms with van der Waals surface area (Å²) in [6, 6.07) is 16.9. The van der Waals surface area contributed by atoms with Crippen molar-refractivity contribution in [3.8, 4) is 0 Å². The molecule has 4 rings (SSSR count). The lowest BCUT2D eigenvalue weighted by molar-refractivity contribution is -0.0264. The number of piperidine rings is 1. The van der Waals surface area contributed by atoms with E-state index < -0.39 is 0 Å². The van der Waals surface area contributed by atoms with E-state index in [2.05, 4.69) is 47.3 Å². The van der Waals surface area contributed by atoms with Crippen molar-refractivity contribution in [3.63, 3.8) is 0 Å². The number of aliphatic hydroxyl groups is 1. The fraction of sp³-hybridized carbons (Fsp3) is 0.480. The van der Waals surface area contributed by atoms with Crippen molar-refractivity contribution in [1.29, 1.82) is 0 Å². The van der Waals surface area contributed by atoms with Crippen molar-refractivity contribution < 1.29 is 9.84 Å². The molecule has 1 unspecified atom stereocenters. The van der Waals surface area contributed by atoms with E-state index in [0.29, 0.717) is 0 Å². The number of nitrogens with zero attached hydrogens (tertiary/aromatic N) is 2. The van der Waals surface area contributed by atoms with Crippen molar-refractivity contribution in [3.05, 3.63) is 59.9 Å². The minimum atomic E-state index is -0.198. The third-order valence-electron chi connectivity index (χ3n) is 5.88. The van der Waals surface area contributed by atoms with Gasteiger partial charge in [0, 0.05) is 24.6 Å². The molecule has 0 amide bonds. The summed E-state index contributed by atoms with van der Waals surface area (Å²) in [6.07, 6.45) is 5.22. The van der Waals surface area contributed by atoms with Gasteiger partial charge in [-0.2, -0.15) is 0 Å².